The number of amides is 1. The average Bonchev–Trinajstić information content (AvgIpc) is 3.24. The molecular weight excluding hydrogens is 743 g/mol. The standard InChI is InChI=1S/C54H101NO5/c1-4-7-10-13-16-19-22-25-26-27-29-32-35-38-41-44-47-54(59)60-50(45-42-39-36-33-30-24-21-18-15-12-9-6-3)48-53(58)55-51(49-56)52(57)46-43-40-37-34-31-28-23-20-17-14-11-8-5-2/h9,12,18,21,30,33,50-52,56-57H,4-8,10-11,13-17,19-20,22-29,31-32,34-49H2,1-3H3,(H,55,58)/b12-9+,21-18+,33-30+. The SMILES string of the molecule is CC/C=C/C/C=C/C/C=C/CCCCC(CC(=O)NC(CO)C(O)CCCCCCCCCCCCCCC)OC(=O)CCCCCCCCCCCCCCCCCC. The summed E-state index contributed by atoms with van der Waals surface area (Å²) in [6.07, 6.45) is 56.4. The van der Waals surface area contributed by atoms with Crippen LogP contribution >= 0.6 is 0 Å². The minimum Gasteiger partial charge on any atom is -0.462 e. The molecule has 3 unspecified atom stereocenters. The maximum Gasteiger partial charge on any atom is 0.306 e. The second-order valence-electron chi connectivity index (χ2n) is 17.9. The van der Waals surface area contributed by atoms with Gasteiger partial charge in [0.15, 0.2) is 0 Å². The number of esters is 1. The Balaban J connectivity index is 4.55. The summed E-state index contributed by atoms with van der Waals surface area (Å²) in [6.45, 7) is 6.37. The molecule has 0 aromatic heterocycles. The Labute approximate surface area is 373 Å². The van der Waals surface area contributed by atoms with Gasteiger partial charge in [-0.3, -0.25) is 9.59 Å². The lowest BCUT2D eigenvalue weighted by Crippen LogP contribution is -2.46. The van der Waals surface area contributed by atoms with Crippen LogP contribution in [0, 0.1) is 0 Å². The van der Waals surface area contributed by atoms with E-state index in [1.165, 1.54) is 148 Å². The maximum atomic E-state index is 13.2. The van der Waals surface area contributed by atoms with Crippen molar-refractivity contribution in [3.05, 3.63) is 36.5 Å². The van der Waals surface area contributed by atoms with E-state index in [0.29, 0.717) is 19.3 Å². The van der Waals surface area contributed by atoms with Gasteiger partial charge in [-0.2, -0.15) is 0 Å². The third-order valence-corrected chi connectivity index (χ3v) is 12.0. The van der Waals surface area contributed by atoms with Gasteiger partial charge in [0.1, 0.15) is 6.10 Å². The quantitative estimate of drug-likeness (QED) is 0.0322. The topological polar surface area (TPSA) is 95.9 Å². The predicted octanol–water partition coefficient (Wildman–Crippen LogP) is 15.7. The zero-order chi connectivity index (χ0) is 43.8. The summed E-state index contributed by atoms with van der Waals surface area (Å²) in [7, 11) is 0. The zero-order valence-corrected chi connectivity index (χ0v) is 40.1. The van der Waals surface area contributed by atoms with Crippen molar-refractivity contribution in [3.8, 4) is 0 Å². The van der Waals surface area contributed by atoms with Crippen molar-refractivity contribution < 1.29 is 24.5 Å². The van der Waals surface area contributed by atoms with Crippen LogP contribution in [0.5, 0.6) is 0 Å². The zero-order valence-electron chi connectivity index (χ0n) is 40.1. The van der Waals surface area contributed by atoms with Crippen molar-refractivity contribution in [2.24, 2.45) is 0 Å². The number of ether oxygens (including phenoxy) is 1. The molecule has 0 aromatic carbocycles. The van der Waals surface area contributed by atoms with E-state index in [1.54, 1.807) is 0 Å². The van der Waals surface area contributed by atoms with Gasteiger partial charge in [-0.1, -0.05) is 237 Å². The van der Waals surface area contributed by atoms with Crippen LogP contribution in [-0.4, -0.2) is 46.9 Å². The molecule has 0 aromatic rings. The molecule has 0 aliphatic heterocycles. The highest BCUT2D eigenvalue weighted by Crippen LogP contribution is 2.18. The third kappa shape index (κ3) is 42.8. The fraction of sp³-hybridized carbons (Fsp3) is 0.852. The van der Waals surface area contributed by atoms with Crippen LogP contribution in [0.25, 0.3) is 0 Å². The number of hydrogen-bond donors (Lipinski definition) is 3. The number of unbranched alkanes of at least 4 members (excludes halogenated alkanes) is 29. The van der Waals surface area contributed by atoms with Crippen molar-refractivity contribution in [2.75, 3.05) is 6.61 Å². The molecule has 3 N–H and O–H groups in total. The van der Waals surface area contributed by atoms with E-state index < -0.39 is 18.2 Å². The number of aliphatic hydroxyl groups is 2. The van der Waals surface area contributed by atoms with Crippen molar-refractivity contribution >= 4 is 11.9 Å². The first-order valence-corrected chi connectivity index (χ1v) is 26.2. The molecule has 0 bridgehead atoms. The van der Waals surface area contributed by atoms with Gasteiger partial charge in [0.25, 0.3) is 0 Å². The van der Waals surface area contributed by atoms with E-state index in [4.69, 9.17) is 4.74 Å². The minimum atomic E-state index is -0.794. The lowest BCUT2D eigenvalue weighted by atomic mass is 10.0. The van der Waals surface area contributed by atoms with Gasteiger partial charge in [-0.25, -0.2) is 0 Å². The Morgan fingerprint density at radius 1 is 0.500 bits per heavy atom. The van der Waals surface area contributed by atoms with E-state index in [1.807, 2.05) is 0 Å². The second-order valence-corrected chi connectivity index (χ2v) is 17.9. The summed E-state index contributed by atoms with van der Waals surface area (Å²) in [5.41, 5.74) is 0. The van der Waals surface area contributed by atoms with Crippen LogP contribution in [0.15, 0.2) is 36.5 Å². The summed E-state index contributed by atoms with van der Waals surface area (Å²) >= 11 is 0. The lowest BCUT2D eigenvalue weighted by molar-refractivity contribution is -0.151. The molecule has 1 amide bonds. The molecule has 352 valence electrons. The van der Waals surface area contributed by atoms with Crippen molar-refractivity contribution in [1.29, 1.82) is 0 Å². The Bertz CT molecular complexity index is 993. The first kappa shape index (κ1) is 58.1. The molecule has 3 atom stereocenters. The summed E-state index contributed by atoms with van der Waals surface area (Å²) in [4.78, 5) is 26.1. The smallest absolute Gasteiger partial charge is 0.306 e. The highest BCUT2D eigenvalue weighted by atomic mass is 16.5. The molecule has 0 aliphatic rings. The lowest BCUT2D eigenvalue weighted by Gasteiger charge is -2.24. The molecule has 0 fully saturated rings. The summed E-state index contributed by atoms with van der Waals surface area (Å²) in [5, 5.41) is 23.7. The van der Waals surface area contributed by atoms with Gasteiger partial charge < -0.3 is 20.3 Å². The maximum absolute atomic E-state index is 13.2. The van der Waals surface area contributed by atoms with Crippen LogP contribution in [-0.2, 0) is 14.3 Å². The van der Waals surface area contributed by atoms with Crippen LogP contribution in [0.4, 0.5) is 0 Å². The predicted molar refractivity (Wildman–Crippen MR) is 259 cm³/mol. The van der Waals surface area contributed by atoms with Gasteiger partial charge in [-0.05, 0) is 57.8 Å². The Hall–Kier alpha value is -1.92. The molecule has 0 radical (unpaired) electrons. The average molecular weight is 844 g/mol. The van der Waals surface area contributed by atoms with Crippen molar-refractivity contribution in [3.63, 3.8) is 0 Å². The molecule has 0 aliphatic carbocycles. The molecule has 0 heterocycles. The van der Waals surface area contributed by atoms with Gasteiger partial charge in [-0.15, -0.1) is 0 Å². The molecule has 0 saturated heterocycles. The third-order valence-electron chi connectivity index (χ3n) is 12.0. The number of hydrogen-bond acceptors (Lipinski definition) is 5. The first-order chi connectivity index (χ1) is 29.5. The van der Waals surface area contributed by atoms with Crippen LogP contribution in [0.2, 0.25) is 0 Å². The number of aliphatic hydroxyl groups excluding tert-OH is 2. The largest absolute Gasteiger partial charge is 0.462 e. The Morgan fingerprint density at radius 2 is 0.900 bits per heavy atom. The number of carbonyl (C=O) groups excluding carboxylic acids is 2. The fourth-order valence-corrected chi connectivity index (χ4v) is 8.03. The molecule has 6 nitrogen and oxygen atoms in total. The normalized spacial score (nSPS) is 13.5. The fourth-order valence-electron chi connectivity index (χ4n) is 8.03. The van der Waals surface area contributed by atoms with E-state index >= 15 is 0 Å². The van der Waals surface area contributed by atoms with Crippen LogP contribution in [0.3, 0.4) is 0 Å². The molecule has 0 saturated carbocycles. The van der Waals surface area contributed by atoms with E-state index in [0.717, 1.165) is 77.0 Å². The summed E-state index contributed by atoms with van der Waals surface area (Å²) < 4.78 is 5.92. The van der Waals surface area contributed by atoms with Crippen LogP contribution in [0.1, 0.15) is 271 Å². The monoisotopic (exact) mass is 844 g/mol. The van der Waals surface area contributed by atoms with Gasteiger partial charge in [0.05, 0.1) is 25.2 Å². The number of carbonyl (C=O) groups is 2. The summed E-state index contributed by atoms with van der Waals surface area (Å²) in [6, 6.07) is -0.710. The first-order valence-electron chi connectivity index (χ1n) is 26.2. The van der Waals surface area contributed by atoms with E-state index in [9.17, 15) is 19.8 Å². The van der Waals surface area contributed by atoms with Crippen molar-refractivity contribution in [1.82, 2.24) is 5.32 Å². The van der Waals surface area contributed by atoms with Crippen molar-refractivity contribution in [2.45, 2.75) is 289 Å². The molecule has 6 heteroatoms. The number of rotatable bonds is 47. The highest BCUT2D eigenvalue weighted by molar-refractivity contribution is 5.77. The second kappa shape index (κ2) is 48.1. The Morgan fingerprint density at radius 3 is 1.35 bits per heavy atom. The van der Waals surface area contributed by atoms with E-state index in [-0.39, 0.29) is 24.9 Å². The number of allylic oxidation sites excluding steroid dienone is 6. The molecular formula is C54H101NO5. The molecule has 0 spiro atoms. The van der Waals surface area contributed by atoms with E-state index in [2.05, 4.69) is 62.5 Å². The molecule has 0 rings (SSSR count). The van der Waals surface area contributed by atoms with Gasteiger partial charge in [0.2, 0.25) is 5.91 Å². The van der Waals surface area contributed by atoms with Gasteiger partial charge in [0, 0.05) is 6.42 Å². The minimum absolute atomic E-state index is 0.0553. The highest BCUT2D eigenvalue weighted by Gasteiger charge is 2.24. The summed E-state index contributed by atoms with van der Waals surface area (Å²) in [5.74, 6) is -0.501. The van der Waals surface area contributed by atoms with Gasteiger partial charge >= 0.3 is 5.97 Å². The molecule has 60 heavy (non-hydrogen) atoms. The Kier molecular flexibility index (Phi) is 46.6. The number of nitrogens with one attached hydrogen (secondary N) is 1. The van der Waals surface area contributed by atoms with Crippen LogP contribution < -0.4 is 5.32 Å².